The molecule has 5 heteroatoms. The zero-order chi connectivity index (χ0) is 15.3. The number of carbonyl (C=O) groups excluding carboxylic acids is 1. The van der Waals surface area contributed by atoms with E-state index in [1.54, 1.807) is 4.90 Å². The van der Waals surface area contributed by atoms with Gasteiger partial charge < -0.3 is 15.3 Å². The van der Waals surface area contributed by atoms with Crippen molar-refractivity contribution < 1.29 is 9.90 Å². The molecule has 0 aromatic carbocycles. The first-order valence-corrected chi connectivity index (χ1v) is 8.69. The molecule has 1 amide bonds. The fraction of sp³-hybridized carbons (Fsp3) is 0.882. The number of amides is 1. The molecule has 4 bridgehead atoms. The number of nitrogens with one attached hydrogen (secondary N) is 1. The highest BCUT2D eigenvalue weighted by Crippen LogP contribution is 2.55. The summed E-state index contributed by atoms with van der Waals surface area (Å²) in [6.45, 7) is 0.622. The Morgan fingerprint density at radius 3 is 2.32 bits per heavy atom. The molecule has 0 spiro atoms. The third kappa shape index (κ3) is 2.43. The first-order valence-electron chi connectivity index (χ1n) is 8.69. The molecule has 5 aliphatic rings. The molecule has 0 aromatic rings. The number of hydrogen-bond donors (Lipinski definition) is 2. The van der Waals surface area contributed by atoms with Crippen LogP contribution in [-0.2, 0) is 4.79 Å². The highest BCUT2D eigenvalue weighted by Gasteiger charge is 2.51. The van der Waals surface area contributed by atoms with Crippen molar-refractivity contribution in [3.8, 4) is 6.07 Å². The molecule has 0 aromatic heterocycles. The van der Waals surface area contributed by atoms with Gasteiger partial charge in [0.05, 0.1) is 18.7 Å². The highest BCUT2D eigenvalue weighted by molar-refractivity contribution is 5.79. The summed E-state index contributed by atoms with van der Waals surface area (Å²) in [6.07, 6.45) is 7.67. The van der Waals surface area contributed by atoms with Gasteiger partial charge in [-0.15, -0.1) is 0 Å². The fourth-order valence-corrected chi connectivity index (χ4v) is 5.90. The number of aliphatic hydroxyl groups is 1. The normalized spacial score (nSPS) is 46.0. The Labute approximate surface area is 131 Å². The summed E-state index contributed by atoms with van der Waals surface area (Å²) in [5, 5.41) is 22.4. The van der Waals surface area contributed by atoms with Crippen LogP contribution in [0.2, 0.25) is 0 Å². The van der Waals surface area contributed by atoms with E-state index >= 15 is 0 Å². The van der Waals surface area contributed by atoms with E-state index in [0.717, 1.165) is 17.8 Å². The van der Waals surface area contributed by atoms with Gasteiger partial charge in [0.15, 0.2) is 0 Å². The third-order valence-corrected chi connectivity index (χ3v) is 6.40. The molecule has 0 unspecified atom stereocenters. The molecule has 5 fully saturated rings. The molecule has 1 saturated heterocycles. The molecule has 120 valence electrons. The monoisotopic (exact) mass is 303 g/mol. The van der Waals surface area contributed by atoms with Crippen LogP contribution in [-0.4, -0.2) is 46.7 Å². The average molecular weight is 303 g/mol. The molecular weight excluding hydrogens is 278 g/mol. The van der Waals surface area contributed by atoms with Crippen LogP contribution in [0.4, 0.5) is 0 Å². The Balaban J connectivity index is 1.38. The van der Waals surface area contributed by atoms with E-state index in [1.165, 1.54) is 38.5 Å². The van der Waals surface area contributed by atoms with E-state index in [1.807, 2.05) is 0 Å². The van der Waals surface area contributed by atoms with Crippen LogP contribution in [0.15, 0.2) is 0 Å². The van der Waals surface area contributed by atoms with Crippen molar-refractivity contribution in [2.75, 3.05) is 13.1 Å². The quantitative estimate of drug-likeness (QED) is 0.816. The number of carbonyl (C=O) groups is 1. The minimum Gasteiger partial charge on any atom is -0.391 e. The van der Waals surface area contributed by atoms with Crippen LogP contribution in [0.5, 0.6) is 0 Å². The summed E-state index contributed by atoms with van der Waals surface area (Å²) in [5.74, 6) is 2.54. The van der Waals surface area contributed by atoms with Gasteiger partial charge >= 0.3 is 0 Å². The lowest BCUT2D eigenvalue weighted by Gasteiger charge is -2.57. The summed E-state index contributed by atoms with van der Waals surface area (Å²) < 4.78 is 0. The predicted molar refractivity (Wildman–Crippen MR) is 80.6 cm³/mol. The van der Waals surface area contributed by atoms with Crippen molar-refractivity contribution >= 4 is 5.91 Å². The number of β-amino-alcohol motifs (C(OH)–C–C–N with tert-alkyl or cyclic N) is 1. The Morgan fingerprint density at radius 2 is 1.77 bits per heavy atom. The number of rotatable bonds is 3. The van der Waals surface area contributed by atoms with Crippen molar-refractivity contribution in [3.05, 3.63) is 0 Å². The van der Waals surface area contributed by atoms with Crippen LogP contribution < -0.4 is 5.32 Å². The highest BCUT2D eigenvalue weighted by atomic mass is 16.3. The Morgan fingerprint density at radius 1 is 1.18 bits per heavy atom. The van der Waals surface area contributed by atoms with Crippen LogP contribution in [0.1, 0.15) is 44.9 Å². The van der Waals surface area contributed by atoms with Crippen molar-refractivity contribution in [1.29, 1.82) is 5.26 Å². The van der Waals surface area contributed by atoms with E-state index < -0.39 is 12.1 Å². The number of hydrogen-bond acceptors (Lipinski definition) is 4. The first-order chi connectivity index (χ1) is 10.6. The Kier molecular flexibility index (Phi) is 3.43. The standard InChI is InChI=1S/C17H25N3O2/c18-8-14-4-15(21)10-20(14)16(22)9-19-17-5-11-1-12(6-17)3-13(2-11)7-17/h11-15,19,21H,1-7,9-10H2/t11?,12?,13?,14-,15-,17?/m0/s1. The van der Waals surface area contributed by atoms with E-state index in [0.29, 0.717) is 19.5 Å². The second-order valence-corrected chi connectivity index (χ2v) is 8.13. The zero-order valence-electron chi connectivity index (χ0n) is 13.0. The van der Waals surface area contributed by atoms with Gasteiger partial charge in [-0.1, -0.05) is 0 Å². The van der Waals surface area contributed by atoms with Gasteiger partial charge in [-0.2, -0.15) is 5.26 Å². The lowest BCUT2D eigenvalue weighted by Crippen LogP contribution is -2.60. The van der Waals surface area contributed by atoms with Gasteiger partial charge in [0.25, 0.3) is 0 Å². The Bertz CT molecular complexity index is 477. The second kappa shape index (κ2) is 5.21. The minimum absolute atomic E-state index is 0.0288. The maximum Gasteiger partial charge on any atom is 0.237 e. The molecule has 22 heavy (non-hydrogen) atoms. The topological polar surface area (TPSA) is 76.4 Å². The molecule has 2 atom stereocenters. The van der Waals surface area contributed by atoms with E-state index in [9.17, 15) is 9.90 Å². The SMILES string of the molecule is N#C[C@@H]1C[C@H](O)CN1C(=O)CNC12CC3CC(CC(C3)C1)C2. The maximum atomic E-state index is 12.5. The lowest BCUT2D eigenvalue weighted by atomic mass is 9.53. The molecule has 2 N–H and O–H groups in total. The molecule has 0 radical (unpaired) electrons. The molecule has 5 nitrogen and oxygen atoms in total. The van der Waals surface area contributed by atoms with Crippen molar-refractivity contribution in [3.63, 3.8) is 0 Å². The van der Waals surface area contributed by atoms with Gasteiger partial charge in [0.1, 0.15) is 6.04 Å². The zero-order valence-corrected chi connectivity index (χ0v) is 13.0. The smallest absolute Gasteiger partial charge is 0.237 e. The summed E-state index contributed by atoms with van der Waals surface area (Å²) in [7, 11) is 0. The molecule has 5 rings (SSSR count). The van der Waals surface area contributed by atoms with Crippen LogP contribution >= 0.6 is 0 Å². The summed E-state index contributed by atoms with van der Waals surface area (Å²) in [4.78, 5) is 14.0. The predicted octanol–water partition coefficient (Wildman–Crippen LogP) is 1.03. The van der Waals surface area contributed by atoms with Crippen molar-refractivity contribution in [1.82, 2.24) is 10.2 Å². The second-order valence-electron chi connectivity index (χ2n) is 8.13. The van der Waals surface area contributed by atoms with E-state index in [2.05, 4.69) is 11.4 Å². The Hall–Kier alpha value is -1.12. The molecule has 1 heterocycles. The number of aliphatic hydroxyl groups excluding tert-OH is 1. The number of nitriles is 1. The first kappa shape index (κ1) is 14.5. The molecular formula is C17H25N3O2. The minimum atomic E-state index is -0.548. The molecule has 4 aliphatic carbocycles. The van der Waals surface area contributed by atoms with E-state index in [4.69, 9.17) is 5.26 Å². The number of likely N-dealkylation sites (tertiary alicyclic amines) is 1. The van der Waals surface area contributed by atoms with Crippen LogP contribution in [0.3, 0.4) is 0 Å². The largest absolute Gasteiger partial charge is 0.391 e. The molecule has 4 saturated carbocycles. The summed E-state index contributed by atoms with van der Waals surface area (Å²) in [6, 6.07) is 1.68. The number of nitrogens with zero attached hydrogens (tertiary/aromatic N) is 2. The molecule has 1 aliphatic heterocycles. The maximum absolute atomic E-state index is 12.5. The van der Waals surface area contributed by atoms with Crippen LogP contribution in [0.25, 0.3) is 0 Å². The van der Waals surface area contributed by atoms with Gasteiger partial charge in [-0.25, -0.2) is 0 Å². The van der Waals surface area contributed by atoms with E-state index in [-0.39, 0.29) is 11.4 Å². The lowest BCUT2D eigenvalue weighted by molar-refractivity contribution is -0.131. The summed E-state index contributed by atoms with van der Waals surface area (Å²) in [5.41, 5.74) is 0.172. The van der Waals surface area contributed by atoms with Crippen molar-refractivity contribution in [2.45, 2.75) is 62.6 Å². The van der Waals surface area contributed by atoms with Gasteiger partial charge in [0.2, 0.25) is 5.91 Å². The van der Waals surface area contributed by atoms with Crippen molar-refractivity contribution in [2.24, 2.45) is 17.8 Å². The average Bonchev–Trinajstić information content (AvgIpc) is 2.85. The van der Waals surface area contributed by atoms with Crippen LogP contribution in [0, 0.1) is 29.1 Å². The van der Waals surface area contributed by atoms with Gasteiger partial charge in [0, 0.05) is 18.5 Å². The summed E-state index contributed by atoms with van der Waals surface area (Å²) >= 11 is 0. The van der Waals surface area contributed by atoms with Gasteiger partial charge in [-0.3, -0.25) is 4.79 Å². The fourth-order valence-electron chi connectivity index (χ4n) is 5.90. The third-order valence-electron chi connectivity index (χ3n) is 6.40. The van der Waals surface area contributed by atoms with Gasteiger partial charge in [-0.05, 0) is 56.3 Å².